The molecule has 1 saturated carbocycles. The number of carbonyl (C=O) groups is 1. The number of aromatic hydroxyl groups is 1. The normalized spacial score (nSPS) is 17.8. The maximum absolute atomic E-state index is 14.0. The van der Waals surface area contributed by atoms with Gasteiger partial charge >= 0.3 is 0 Å². The lowest BCUT2D eigenvalue weighted by atomic mass is 9.94. The van der Waals surface area contributed by atoms with E-state index in [1.165, 1.54) is 49.3 Å². The zero-order valence-electron chi connectivity index (χ0n) is 21.8. The number of likely N-dealkylation sites (tertiary alicyclic amines) is 1. The third-order valence-electron chi connectivity index (χ3n) is 7.83. The molecular weight excluding hydrogens is 497 g/mol. The molecule has 0 bridgehead atoms. The highest BCUT2D eigenvalue weighted by Crippen LogP contribution is 2.42. The second-order valence-electron chi connectivity index (χ2n) is 10.8. The third-order valence-corrected chi connectivity index (χ3v) is 8.98. The number of fused-ring (bicyclic) bond motifs is 1. The van der Waals surface area contributed by atoms with Gasteiger partial charge in [-0.05, 0) is 98.3 Å². The van der Waals surface area contributed by atoms with Gasteiger partial charge in [0, 0.05) is 34.3 Å². The van der Waals surface area contributed by atoms with E-state index in [2.05, 4.69) is 4.90 Å². The molecule has 3 aromatic carbocycles. The van der Waals surface area contributed by atoms with Crippen LogP contribution in [-0.4, -0.2) is 41.5 Å². The lowest BCUT2D eigenvalue weighted by molar-refractivity contribution is 0.104. The van der Waals surface area contributed by atoms with Crippen molar-refractivity contribution in [1.29, 1.82) is 0 Å². The first-order valence-electron chi connectivity index (χ1n) is 13.4. The summed E-state index contributed by atoms with van der Waals surface area (Å²) in [6.45, 7) is 6.78. The summed E-state index contributed by atoms with van der Waals surface area (Å²) in [5.74, 6) is 1.46. The Morgan fingerprint density at radius 1 is 1.05 bits per heavy atom. The first-order valence-corrected chi connectivity index (χ1v) is 14.2. The Labute approximate surface area is 226 Å². The summed E-state index contributed by atoms with van der Waals surface area (Å²) >= 11 is 1.36. The van der Waals surface area contributed by atoms with Gasteiger partial charge < -0.3 is 9.84 Å². The maximum atomic E-state index is 14.0. The predicted molar refractivity (Wildman–Crippen MR) is 151 cm³/mol. The van der Waals surface area contributed by atoms with Crippen LogP contribution < -0.4 is 4.74 Å². The zero-order chi connectivity index (χ0) is 26.4. The lowest BCUT2D eigenvalue weighted by Crippen LogP contribution is -2.26. The number of thiophene rings is 1. The van der Waals surface area contributed by atoms with Gasteiger partial charge in [-0.1, -0.05) is 25.0 Å². The van der Waals surface area contributed by atoms with Crippen LogP contribution in [-0.2, 0) is 0 Å². The largest absolute Gasteiger partial charge is 0.508 e. The van der Waals surface area contributed by atoms with Crippen LogP contribution in [0.3, 0.4) is 0 Å². The van der Waals surface area contributed by atoms with Crippen molar-refractivity contribution < 1.29 is 19.0 Å². The molecule has 6 heteroatoms. The minimum atomic E-state index is -0.345. The van der Waals surface area contributed by atoms with Gasteiger partial charge in [0.05, 0.1) is 4.88 Å². The molecule has 0 amide bonds. The summed E-state index contributed by atoms with van der Waals surface area (Å²) in [5, 5.41) is 11.0. The lowest BCUT2D eigenvalue weighted by Gasteiger charge is -2.17. The number of phenolic OH excluding ortho intramolecular Hbond substituents is 1. The van der Waals surface area contributed by atoms with Crippen molar-refractivity contribution in [3.05, 3.63) is 82.0 Å². The summed E-state index contributed by atoms with van der Waals surface area (Å²) in [7, 11) is 0. The number of aryl methyl sites for hydroxylation is 2. The highest BCUT2D eigenvalue weighted by Gasteiger charge is 2.28. The molecule has 1 atom stereocenters. The molecule has 0 spiro atoms. The van der Waals surface area contributed by atoms with E-state index in [4.69, 9.17) is 4.74 Å². The Kier molecular flexibility index (Phi) is 6.70. The molecule has 2 heterocycles. The first kappa shape index (κ1) is 25.1. The molecule has 6 rings (SSSR count). The van der Waals surface area contributed by atoms with E-state index in [0.717, 1.165) is 52.4 Å². The van der Waals surface area contributed by atoms with Crippen molar-refractivity contribution in [2.24, 2.45) is 5.92 Å². The van der Waals surface area contributed by atoms with E-state index in [-0.39, 0.29) is 23.5 Å². The van der Waals surface area contributed by atoms with Crippen molar-refractivity contribution in [2.45, 2.75) is 45.6 Å². The number of carbonyl (C=O) groups excluding carboxylic acids is 1. The Morgan fingerprint density at radius 3 is 2.50 bits per heavy atom. The van der Waals surface area contributed by atoms with Crippen LogP contribution in [0.1, 0.15) is 52.0 Å². The SMILES string of the molecule is Cc1cc(F)cc(C)c1C(=O)c1sc2cc(O)ccc2c1-c1ccc(O[C@H]2CCN(CCC3CC3)C2)cc1. The molecule has 196 valence electrons. The first-order chi connectivity index (χ1) is 18.4. The quantitative estimate of drug-likeness (QED) is 0.240. The van der Waals surface area contributed by atoms with Crippen LogP contribution in [0.25, 0.3) is 21.2 Å². The van der Waals surface area contributed by atoms with Gasteiger partial charge in [-0.2, -0.15) is 0 Å². The van der Waals surface area contributed by atoms with Gasteiger partial charge in [-0.15, -0.1) is 11.3 Å². The van der Waals surface area contributed by atoms with E-state index < -0.39 is 0 Å². The van der Waals surface area contributed by atoms with Gasteiger partial charge in [0.25, 0.3) is 0 Å². The number of rotatable bonds is 8. The summed E-state index contributed by atoms with van der Waals surface area (Å²) < 4.78 is 21.1. The Hall–Kier alpha value is -3.22. The average molecular weight is 530 g/mol. The molecule has 1 saturated heterocycles. The number of ketones is 1. The van der Waals surface area contributed by atoms with Gasteiger partial charge in [-0.3, -0.25) is 9.69 Å². The number of halogens is 1. The van der Waals surface area contributed by atoms with E-state index in [1.54, 1.807) is 26.0 Å². The van der Waals surface area contributed by atoms with E-state index in [0.29, 0.717) is 21.6 Å². The molecule has 2 aliphatic rings. The molecule has 38 heavy (non-hydrogen) atoms. The smallest absolute Gasteiger partial charge is 0.204 e. The highest BCUT2D eigenvalue weighted by atomic mass is 32.1. The Bertz CT molecular complexity index is 1480. The topological polar surface area (TPSA) is 49.8 Å². The van der Waals surface area contributed by atoms with Crippen LogP contribution in [0.2, 0.25) is 0 Å². The fraction of sp³-hybridized carbons (Fsp3) is 0.344. The minimum absolute atomic E-state index is 0.131. The van der Waals surface area contributed by atoms with Crippen molar-refractivity contribution in [1.82, 2.24) is 4.90 Å². The van der Waals surface area contributed by atoms with Gasteiger partial charge in [0.15, 0.2) is 0 Å². The number of hydrogen-bond donors (Lipinski definition) is 1. The summed E-state index contributed by atoms with van der Waals surface area (Å²) in [6.07, 6.45) is 5.35. The Balaban J connectivity index is 1.29. The van der Waals surface area contributed by atoms with Crippen LogP contribution in [0.15, 0.2) is 54.6 Å². The molecule has 1 aromatic heterocycles. The molecule has 0 unspecified atom stereocenters. The molecule has 4 aromatic rings. The standard InChI is InChI=1S/C32H32FNO3S/c1-19-15-23(33)16-20(2)29(19)31(36)32-30(27-10-7-24(35)17-28(27)38-32)22-5-8-25(9-6-22)37-26-12-14-34(18-26)13-11-21-3-4-21/h5-10,15-17,21,26,35H,3-4,11-14,18H2,1-2H3/t26-/m0/s1. The van der Waals surface area contributed by atoms with Gasteiger partial charge in [0.1, 0.15) is 23.4 Å². The number of benzene rings is 3. The molecule has 2 fully saturated rings. The van der Waals surface area contributed by atoms with Crippen LogP contribution in [0.4, 0.5) is 4.39 Å². The van der Waals surface area contributed by atoms with Gasteiger partial charge in [0.2, 0.25) is 5.78 Å². The monoisotopic (exact) mass is 529 g/mol. The number of nitrogens with zero attached hydrogens (tertiary/aromatic N) is 1. The number of hydrogen-bond acceptors (Lipinski definition) is 5. The van der Waals surface area contributed by atoms with Crippen LogP contribution in [0, 0.1) is 25.6 Å². The van der Waals surface area contributed by atoms with Crippen LogP contribution in [0.5, 0.6) is 11.5 Å². The summed E-state index contributed by atoms with van der Waals surface area (Å²) in [4.78, 5) is 17.0. The third kappa shape index (κ3) is 5.07. The fourth-order valence-corrected chi connectivity index (χ4v) is 6.88. The zero-order valence-corrected chi connectivity index (χ0v) is 22.6. The average Bonchev–Trinajstić information content (AvgIpc) is 3.48. The van der Waals surface area contributed by atoms with E-state index in [1.807, 2.05) is 30.3 Å². The highest BCUT2D eigenvalue weighted by molar-refractivity contribution is 7.21. The predicted octanol–water partition coefficient (Wildman–Crippen LogP) is 7.51. The molecule has 0 radical (unpaired) electrons. The maximum Gasteiger partial charge on any atom is 0.204 e. The summed E-state index contributed by atoms with van der Waals surface area (Å²) in [5.41, 5.74) is 3.50. The van der Waals surface area contributed by atoms with Gasteiger partial charge in [-0.25, -0.2) is 4.39 Å². The second-order valence-corrected chi connectivity index (χ2v) is 11.9. The van der Waals surface area contributed by atoms with Crippen molar-refractivity contribution >= 4 is 27.2 Å². The summed E-state index contributed by atoms with van der Waals surface area (Å²) in [6, 6.07) is 16.0. The van der Waals surface area contributed by atoms with Crippen LogP contribution >= 0.6 is 11.3 Å². The number of ether oxygens (including phenoxy) is 1. The molecular formula is C32H32FNO3S. The van der Waals surface area contributed by atoms with Crippen molar-refractivity contribution in [3.8, 4) is 22.6 Å². The van der Waals surface area contributed by atoms with E-state index in [9.17, 15) is 14.3 Å². The van der Waals surface area contributed by atoms with Crippen molar-refractivity contribution in [2.75, 3.05) is 19.6 Å². The molecule has 1 aliphatic carbocycles. The fourth-order valence-electron chi connectivity index (χ4n) is 5.67. The van der Waals surface area contributed by atoms with E-state index >= 15 is 0 Å². The molecule has 1 aliphatic heterocycles. The molecule has 4 nitrogen and oxygen atoms in total. The minimum Gasteiger partial charge on any atom is -0.508 e. The van der Waals surface area contributed by atoms with Crippen molar-refractivity contribution in [3.63, 3.8) is 0 Å². The molecule has 1 N–H and O–H groups in total. The Morgan fingerprint density at radius 2 is 1.79 bits per heavy atom. The number of phenols is 1. The second kappa shape index (κ2) is 10.2.